The van der Waals surface area contributed by atoms with E-state index in [9.17, 15) is 0 Å². The van der Waals surface area contributed by atoms with E-state index in [1.54, 1.807) is 0 Å². The fraction of sp³-hybridized carbons (Fsp3) is 0.714. The first-order chi connectivity index (χ1) is 9.11. The van der Waals surface area contributed by atoms with E-state index in [-0.39, 0.29) is 0 Å². The van der Waals surface area contributed by atoms with Crippen molar-refractivity contribution in [1.29, 1.82) is 0 Å². The third-order valence-electron chi connectivity index (χ3n) is 3.18. The van der Waals surface area contributed by atoms with Crippen molar-refractivity contribution in [1.82, 2.24) is 14.9 Å². The number of nitrogens with zero attached hydrogens (tertiary/aromatic N) is 3. The smallest absolute Gasteiger partial charge is 0.135 e. The zero-order valence-electron chi connectivity index (χ0n) is 12.4. The zero-order chi connectivity index (χ0) is 13.8. The molecule has 1 heterocycles. The number of aromatic nitrogens is 2. The van der Waals surface area contributed by atoms with E-state index in [0.29, 0.717) is 5.92 Å². The Morgan fingerprint density at radius 1 is 1.32 bits per heavy atom. The Hall–Kier alpha value is -0.810. The van der Waals surface area contributed by atoms with Crippen LogP contribution in [0.25, 0.3) is 0 Å². The number of thioether (sulfide) groups is 1. The quantitative estimate of drug-likeness (QED) is 0.614. The molecule has 1 N–H and O–H groups in total. The highest BCUT2D eigenvalue weighted by Crippen LogP contribution is 2.40. The third kappa shape index (κ3) is 4.08. The van der Waals surface area contributed by atoms with Crippen LogP contribution in [0.15, 0.2) is 5.03 Å². The number of anilines is 1. The largest absolute Gasteiger partial charge is 0.370 e. The Kier molecular flexibility index (Phi) is 5.05. The van der Waals surface area contributed by atoms with Gasteiger partial charge in [-0.3, -0.25) is 0 Å². The maximum atomic E-state index is 4.77. The molecule has 1 saturated carbocycles. The highest BCUT2D eigenvalue weighted by molar-refractivity contribution is 7.99. The second kappa shape index (κ2) is 6.57. The maximum Gasteiger partial charge on any atom is 0.135 e. The zero-order valence-corrected chi connectivity index (χ0v) is 13.2. The average Bonchev–Trinajstić information content (AvgIpc) is 3.17. The Balaban J connectivity index is 2.14. The third-order valence-corrected chi connectivity index (χ3v) is 4.24. The molecule has 0 aliphatic heterocycles. The van der Waals surface area contributed by atoms with E-state index in [2.05, 4.69) is 43.1 Å². The van der Waals surface area contributed by atoms with Gasteiger partial charge < -0.3 is 10.2 Å². The second-order valence-electron chi connectivity index (χ2n) is 5.32. The molecule has 0 spiro atoms. The summed E-state index contributed by atoms with van der Waals surface area (Å²) in [4.78, 5) is 11.7. The molecule has 1 aliphatic rings. The van der Waals surface area contributed by atoms with Crippen LogP contribution in [-0.4, -0.2) is 47.8 Å². The van der Waals surface area contributed by atoms with Crippen LogP contribution in [0.3, 0.4) is 0 Å². The molecule has 106 valence electrons. The Labute approximate surface area is 120 Å². The van der Waals surface area contributed by atoms with Crippen LogP contribution in [0.2, 0.25) is 0 Å². The van der Waals surface area contributed by atoms with Crippen molar-refractivity contribution in [2.24, 2.45) is 0 Å². The van der Waals surface area contributed by atoms with Gasteiger partial charge in [-0.15, -0.1) is 11.8 Å². The molecule has 0 amide bonds. The molecular formula is C14H24N4S. The first-order valence-corrected chi connectivity index (χ1v) is 8.00. The van der Waals surface area contributed by atoms with E-state index < -0.39 is 0 Å². The summed E-state index contributed by atoms with van der Waals surface area (Å²) in [6.45, 7) is 6.21. The number of nitrogens with one attached hydrogen (secondary N) is 1. The minimum atomic E-state index is 0.603. The van der Waals surface area contributed by atoms with Crippen LogP contribution < -0.4 is 5.32 Å². The molecule has 1 aromatic rings. The van der Waals surface area contributed by atoms with Gasteiger partial charge in [0.1, 0.15) is 16.7 Å². The molecular weight excluding hydrogens is 256 g/mol. The van der Waals surface area contributed by atoms with Crippen molar-refractivity contribution >= 4 is 17.6 Å². The van der Waals surface area contributed by atoms with Crippen molar-refractivity contribution in [3.8, 4) is 0 Å². The van der Waals surface area contributed by atoms with Crippen molar-refractivity contribution in [3.05, 3.63) is 11.4 Å². The van der Waals surface area contributed by atoms with Gasteiger partial charge in [0.15, 0.2) is 0 Å². The summed E-state index contributed by atoms with van der Waals surface area (Å²) < 4.78 is 0. The van der Waals surface area contributed by atoms with Gasteiger partial charge >= 0.3 is 0 Å². The SMILES string of the molecule is CCNc1nc(C2CC2)nc(SCCN(C)C)c1C. The molecule has 4 nitrogen and oxygen atoms in total. The monoisotopic (exact) mass is 280 g/mol. The van der Waals surface area contributed by atoms with Crippen LogP contribution in [0.1, 0.15) is 37.1 Å². The topological polar surface area (TPSA) is 41.1 Å². The van der Waals surface area contributed by atoms with Gasteiger partial charge in [-0.1, -0.05) is 0 Å². The minimum Gasteiger partial charge on any atom is -0.370 e. The lowest BCUT2D eigenvalue weighted by Crippen LogP contribution is -2.15. The molecule has 0 unspecified atom stereocenters. The van der Waals surface area contributed by atoms with Crippen molar-refractivity contribution in [2.75, 3.05) is 38.3 Å². The number of hydrogen-bond acceptors (Lipinski definition) is 5. The standard InChI is InChI=1S/C14H24N4S/c1-5-15-12-10(2)14(19-9-8-18(3)4)17-13(16-12)11-6-7-11/h11H,5-9H2,1-4H3,(H,15,16,17). The van der Waals surface area contributed by atoms with Crippen LogP contribution in [-0.2, 0) is 0 Å². The summed E-state index contributed by atoms with van der Waals surface area (Å²) in [5.41, 5.74) is 1.19. The summed E-state index contributed by atoms with van der Waals surface area (Å²) in [5.74, 6) is 3.73. The lowest BCUT2D eigenvalue weighted by Gasteiger charge is -2.14. The fourth-order valence-electron chi connectivity index (χ4n) is 1.84. The van der Waals surface area contributed by atoms with E-state index in [0.717, 1.165) is 35.5 Å². The summed E-state index contributed by atoms with van der Waals surface area (Å²) in [7, 11) is 4.21. The lowest BCUT2D eigenvalue weighted by atomic mass is 10.3. The molecule has 1 aliphatic carbocycles. The summed E-state index contributed by atoms with van der Waals surface area (Å²) in [6, 6.07) is 0. The van der Waals surface area contributed by atoms with Gasteiger partial charge in [-0.05, 0) is 40.8 Å². The van der Waals surface area contributed by atoms with Gasteiger partial charge in [0.25, 0.3) is 0 Å². The number of rotatable bonds is 7. The van der Waals surface area contributed by atoms with Gasteiger partial charge in [-0.25, -0.2) is 9.97 Å². The lowest BCUT2D eigenvalue weighted by molar-refractivity contribution is 0.437. The summed E-state index contributed by atoms with van der Waals surface area (Å²) in [6.07, 6.45) is 2.49. The Bertz CT molecular complexity index is 430. The fourth-order valence-corrected chi connectivity index (χ4v) is 2.96. The molecule has 2 rings (SSSR count). The summed E-state index contributed by atoms with van der Waals surface area (Å²) >= 11 is 1.84. The second-order valence-corrected chi connectivity index (χ2v) is 6.40. The van der Waals surface area contributed by atoms with E-state index in [4.69, 9.17) is 4.98 Å². The molecule has 0 bridgehead atoms. The van der Waals surface area contributed by atoms with Gasteiger partial charge in [-0.2, -0.15) is 0 Å². The van der Waals surface area contributed by atoms with Crippen LogP contribution >= 0.6 is 11.8 Å². The van der Waals surface area contributed by atoms with Crippen molar-refractivity contribution in [3.63, 3.8) is 0 Å². The van der Waals surface area contributed by atoms with E-state index in [1.807, 2.05) is 11.8 Å². The van der Waals surface area contributed by atoms with Crippen LogP contribution in [0, 0.1) is 6.92 Å². The van der Waals surface area contributed by atoms with E-state index in [1.165, 1.54) is 18.4 Å². The highest BCUT2D eigenvalue weighted by atomic mass is 32.2. The number of hydrogen-bond donors (Lipinski definition) is 1. The molecule has 5 heteroatoms. The molecule has 0 aromatic carbocycles. The van der Waals surface area contributed by atoms with Crippen LogP contribution in [0.5, 0.6) is 0 Å². The first-order valence-electron chi connectivity index (χ1n) is 7.01. The Morgan fingerprint density at radius 2 is 2.05 bits per heavy atom. The van der Waals surface area contributed by atoms with Crippen molar-refractivity contribution in [2.45, 2.75) is 37.6 Å². The minimum absolute atomic E-state index is 0.603. The summed E-state index contributed by atoms with van der Waals surface area (Å²) in [5, 5.41) is 4.51. The normalized spacial score (nSPS) is 15.0. The van der Waals surface area contributed by atoms with Gasteiger partial charge in [0, 0.05) is 30.3 Å². The molecule has 0 atom stereocenters. The molecule has 19 heavy (non-hydrogen) atoms. The van der Waals surface area contributed by atoms with Crippen molar-refractivity contribution < 1.29 is 0 Å². The predicted molar refractivity (Wildman–Crippen MR) is 82.2 cm³/mol. The predicted octanol–water partition coefficient (Wildman–Crippen LogP) is 2.75. The van der Waals surface area contributed by atoms with Gasteiger partial charge in [0.05, 0.1) is 0 Å². The molecule has 0 radical (unpaired) electrons. The average molecular weight is 280 g/mol. The first kappa shape index (κ1) is 14.6. The maximum absolute atomic E-state index is 4.77. The molecule has 1 fully saturated rings. The van der Waals surface area contributed by atoms with E-state index >= 15 is 0 Å². The highest BCUT2D eigenvalue weighted by Gasteiger charge is 2.28. The Morgan fingerprint density at radius 3 is 2.63 bits per heavy atom. The van der Waals surface area contributed by atoms with Gasteiger partial charge in [0.2, 0.25) is 0 Å². The molecule has 1 aromatic heterocycles. The van der Waals surface area contributed by atoms with Crippen LogP contribution in [0.4, 0.5) is 5.82 Å². The molecule has 0 saturated heterocycles.